The summed E-state index contributed by atoms with van der Waals surface area (Å²) in [4.78, 5) is 0. The van der Waals surface area contributed by atoms with E-state index in [0.717, 1.165) is 6.42 Å². The standard InChI is InChI=1S/C22H20Si/c1-23(2,3)13-12-20-18-10-6-4-8-16(18)14-21-19-11-7-5-9-17(19)15-22(20)21/h4-11,14H,15H2,1-3H3. The van der Waals surface area contributed by atoms with E-state index in [-0.39, 0.29) is 0 Å². The molecule has 0 nitrogen and oxygen atoms in total. The molecule has 0 amide bonds. The first-order chi connectivity index (χ1) is 11.0. The van der Waals surface area contributed by atoms with Crippen LogP contribution < -0.4 is 0 Å². The lowest BCUT2D eigenvalue weighted by molar-refractivity contribution is 1.26. The molecule has 0 saturated heterocycles. The molecule has 0 heterocycles. The van der Waals surface area contributed by atoms with Crippen LogP contribution in [-0.4, -0.2) is 8.07 Å². The summed E-state index contributed by atoms with van der Waals surface area (Å²) in [6, 6.07) is 19.8. The molecule has 4 rings (SSSR count). The summed E-state index contributed by atoms with van der Waals surface area (Å²) in [7, 11) is -1.40. The Balaban J connectivity index is 2.05. The molecule has 1 aliphatic rings. The summed E-state index contributed by atoms with van der Waals surface area (Å²) in [5, 5.41) is 2.59. The molecule has 0 bridgehead atoms. The van der Waals surface area contributed by atoms with Gasteiger partial charge in [0.25, 0.3) is 0 Å². The highest BCUT2D eigenvalue weighted by Crippen LogP contribution is 2.41. The molecule has 3 aromatic rings. The quantitative estimate of drug-likeness (QED) is 0.291. The molecule has 0 atom stereocenters. The van der Waals surface area contributed by atoms with Crippen LogP contribution in [0.3, 0.4) is 0 Å². The highest BCUT2D eigenvalue weighted by molar-refractivity contribution is 6.83. The molecular formula is C22H20Si. The van der Waals surface area contributed by atoms with Crippen molar-refractivity contribution in [1.29, 1.82) is 0 Å². The van der Waals surface area contributed by atoms with Crippen molar-refractivity contribution < 1.29 is 0 Å². The molecule has 0 fully saturated rings. The summed E-state index contributed by atoms with van der Waals surface area (Å²) in [6.45, 7) is 6.92. The van der Waals surface area contributed by atoms with Crippen LogP contribution >= 0.6 is 0 Å². The van der Waals surface area contributed by atoms with E-state index in [1.165, 1.54) is 38.6 Å². The molecule has 0 radical (unpaired) electrons. The molecule has 0 spiro atoms. The Bertz CT molecular complexity index is 978. The van der Waals surface area contributed by atoms with Gasteiger partial charge in [0, 0.05) is 5.56 Å². The highest BCUT2D eigenvalue weighted by Gasteiger charge is 2.22. The van der Waals surface area contributed by atoms with Crippen LogP contribution in [0.1, 0.15) is 16.7 Å². The van der Waals surface area contributed by atoms with E-state index in [0.29, 0.717) is 0 Å². The van der Waals surface area contributed by atoms with Crippen molar-refractivity contribution in [2.24, 2.45) is 0 Å². The monoisotopic (exact) mass is 312 g/mol. The summed E-state index contributed by atoms with van der Waals surface area (Å²) in [5.74, 6) is 3.57. The topological polar surface area (TPSA) is 0 Å². The first-order valence-corrected chi connectivity index (χ1v) is 11.7. The van der Waals surface area contributed by atoms with Gasteiger partial charge in [-0.3, -0.25) is 0 Å². The first kappa shape index (κ1) is 14.3. The molecule has 0 saturated carbocycles. The van der Waals surface area contributed by atoms with E-state index < -0.39 is 8.07 Å². The van der Waals surface area contributed by atoms with Crippen LogP contribution in [0.2, 0.25) is 19.6 Å². The SMILES string of the molecule is C[Si](C)(C)C#Cc1c2c(cc3ccccc13)-c1ccccc1C2. The normalized spacial score (nSPS) is 12.5. The minimum atomic E-state index is -1.40. The van der Waals surface area contributed by atoms with Crippen LogP contribution in [-0.2, 0) is 6.42 Å². The largest absolute Gasteiger partial charge is 0.129 e. The lowest BCUT2D eigenvalue weighted by Crippen LogP contribution is -2.16. The molecule has 0 N–H and O–H groups in total. The maximum atomic E-state index is 3.58. The number of rotatable bonds is 0. The fourth-order valence-corrected chi connectivity index (χ4v) is 3.83. The van der Waals surface area contributed by atoms with E-state index in [2.05, 4.69) is 85.7 Å². The second kappa shape index (κ2) is 5.11. The van der Waals surface area contributed by atoms with Gasteiger partial charge in [-0.05, 0) is 45.5 Å². The third-order valence-corrected chi connectivity index (χ3v) is 5.27. The summed E-state index contributed by atoms with van der Waals surface area (Å²) in [5.41, 5.74) is 10.4. The van der Waals surface area contributed by atoms with E-state index in [4.69, 9.17) is 0 Å². The smallest absolute Gasteiger partial charge is 0.127 e. The Hall–Kier alpha value is -2.30. The van der Waals surface area contributed by atoms with Crippen LogP contribution in [0, 0.1) is 11.5 Å². The van der Waals surface area contributed by atoms with Gasteiger partial charge >= 0.3 is 0 Å². The van der Waals surface area contributed by atoms with Crippen LogP contribution in [0.25, 0.3) is 21.9 Å². The van der Waals surface area contributed by atoms with E-state index in [1.807, 2.05) is 0 Å². The van der Waals surface area contributed by atoms with Crippen LogP contribution in [0.4, 0.5) is 0 Å². The molecule has 3 aromatic carbocycles. The van der Waals surface area contributed by atoms with Gasteiger partial charge in [-0.1, -0.05) is 74.1 Å². The Kier molecular flexibility index (Phi) is 3.18. The molecule has 1 heteroatoms. The molecule has 112 valence electrons. The Labute approximate surface area is 139 Å². The third kappa shape index (κ3) is 2.50. The van der Waals surface area contributed by atoms with Crippen molar-refractivity contribution in [3.63, 3.8) is 0 Å². The highest BCUT2D eigenvalue weighted by atomic mass is 28.3. The van der Waals surface area contributed by atoms with Crippen molar-refractivity contribution in [1.82, 2.24) is 0 Å². The van der Waals surface area contributed by atoms with Gasteiger partial charge < -0.3 is 0 Å². The fourth-order valence-electron chi connectivity index (χ4n) is 3.33. The molecule has 1 aliphatic carbocycles. The zero-order valence-corrected chi connectivity index (χ0v) is 14.9. The predicted octanol–water partition coefficient (Wildman–Crippen LogP) is 5.64. The second-order valence-electron chi connectivity index (χ2n) is 7.33. The molecule has 0 unspecified atom stereocenters. The minimum Gasteiger partial charge on any atom is -0.127 e. The Morgan fingerprint density at radius 3 is 2.43 bits per heavy atom. The van der Waals surface area contributed by atoms with Gasteiger partial charge in [0.2, 0.25) is 0 Å². The lowest BCUT2D eigenvalue weighted by atomic mass is 9.95. The van der Waals surface area contributed by atoms with Crippen molar-refractivity contribution in [2.75, 3.05) is 0 Å². The maximum Gasteiger partial charge on any atom is 0.129 e. The molecular weight excluding hydrogens is 292 g/mol. The lowest BCUT2D eigenvalue weighted by Gasteiger charge is -2.10. The van der Waals surface area contributed by atoms with E-state index >= 15 is 0 Å². The second-order valence-corrected chi connectivity index (χ2v) is 12.1. The zero-order chi connectivity index (χ0) is 16.0. The summed E-state index contributed by atoms with van der Waals surface area (Å²) < 4.78 is 0. The minimum absolute atomic E-state index is 1.01. The molecule has 23 heavy (non-hydrogen) atoms. The first-order valence-electron chi connectivity index (χ1n) is 8.19. The van der Waals surface area contributed by atoms with E-state index in [1.54, 1.807) is 0 Å². The van der Waals surface area contributed by atoms with Gasteiger partial charge in [0.1, 0.15) is 8.07 Å². The fraction of sp³-hybridized carbons (Fsp3) is 0.182. The average molecular weight is 312 g/mol. The number of fused-ring (bicyclic) bond motifs is 4. The Morgan fingerprint density at radius 1 is 0.870 bits per heavy atom. The van der Waals surface area contributed by atoms with Gasteiger partial charge in [-0.2, -0.15) is 0 Å². The van der Waals surface area contributed by atoms with Crippen molar-refractivity contribution >= 4 is 18.8 Å². The van der Waals surface area contributed by atoms with Crippen molar-refractivity contribution in [3.8, 4) is 22.6 Å². The van der Waals surface area contributed by atoms with Gasteiger partial charge in [0.15, 0.2) is 0 Å². The van der Waals surface area contributed by atoms with Crippen LogP contribution in [0.15, 0.2) is 54.6 Å². The number of hydrogen-bond acceptors (Lipinski definition) is 0. The maximum absolute atomic E-state index is 3.58. The average Bonchev–Trinajstić information content (AvgIpc) is 2.89. The van der Waals surface area contributed by atoms with Crippen molar-refractivity contribution in [2.45, 2.75) is 26.1 Å². The van der Waals surface area contributed by atoms with Gasteiger partial charge in [-0.25, -0.2) is 0 Å². The van der Waals surface area contributed by atoms with Crippen LogP contribution in [0.5, 0.6) is 0 Å². The number of benzene rings is 3. The summed E-state index contributed by atoms with van der Waals surface area (Å²) in [6.07, 6.45) is 1.01. The van der Waals surface area contributed by atoms with Crippen molar-refractivity contribution in [3.05, 3.63) is 71.3 Å². The van der Waals surface area contributed by atoms with Gasteiger partial charge in [-0.15, -0.1) is 5.54 Å². The van der Waals surface area contributed by atoms with E-state index in [9.17, 15) is 0 Å². The zero-order valence-electron chi connectivity index (χ0n) is 13.9. The Morgan fingerprint density at radius 2 is 1.61 bits per heavy atom. The number of hydrogen-bond donors (Lipinski definition) is 0. The third-order valence-electron chi connectivity index (χ3n) is 4.39. The molecule has 0 aromatic heterocycles. The molecule has 0 aliphatic heterocycles. The predicted molar refractivity (Wildman–Crippen MR) is 102 cm³/mol. The van der Waals surface area contributed by atoms with Gasteiger partial charge in [0.05, 0.1) is 0 Å². The summed E-state index contributed by atoms with van der Waals surface area (Å²) >= 11 is 0.